The van der Waals surface area contributed by atoms with Gasteiger partial charge in [-0.3, -0.25) is 4.79 Å². The van der Waals surface area contributed by atoms with Gasteiger partial charge in [-0.15, -0.1) is 11.3 Å². The van der Waals surface area contributed by atoms with Crippen LogP contribution in [-0.4, -0.2) is 23.0 Å². The van der Waals surface area contributed by atoms with E-state index in [-0.39, 0.29) is 5.97 Å². The number of carbonyl (C=O) groups excluding carboxylic acids is 1. The largest absolute Gasteiger partial charge is 0.469 e. The van der Waals surface area contributed by atoms with Crippen molar-refractivity contribution < 1.29 is 9.53 Å². The van der Waals surface area contributed by atoms with Crippen molar-refractivity contribution >= 4 is 38.8 Å². The smallest absolute Gasteiger partial charge is 0.305 e. The normalized spacial score (nSPS) is 16.9. The van der Waals surface area contributed by atoms with E-state index in [0.29, 0.717) is 12.3 Å². The Morgan fingerprint density at radius 1 is 1.30 bits per heavy atom. The lowest BCUT2D eigenvalue weighted by molar-refractivity contribution is -0.141. The number of methoxy groups -OCH3 is 1. The third-order valence-electron chi connectivity index (χ3n) is 5.09. The molecule has 2 heterocycles. The van der Waals surface area contributed by atoms with Gasteiger partial charge in [0.1, 0.15) is 6.33 Å². The van der Waals surface area contributed by atoms with Gasteiger partial charge in [0.25, 0.3) is 0 Å². The van der Waals surface area contributed by atoms with Gasteiger partial charge in [-0.2, -0.15) is 0 Å². The van der Waals surface area contributed by atoms with E-state index in [2.05, 4.69) is 21.4 Å². The van der Waals surface area contributed by atoms with Crippen molar-refractivity contribution in [2.75, 3.05) is 12.8 Å². The number of esters is 1. The highest BCUT2D eigenvalue weighted by molar-refractivity contribution is 7.18. The summed E-state index contributed by atoms with van der Waals surface area (Å²) in [4.78, 5) is 20.6. The van der Waals surface area contributed by atoms with Crippen molar-refractivity contribution in [1.82, 2.24) is 9.97 Å². The van der Waals surface area contributed by atoms with Crippen LogP contribution in [0.1, 0.15) is 31.2 Å². The average molecular weight is 379 g/mol. The summed E-state index contributed by atoms with van der Waals surface area (Å²) in [5.41, 5.74) is 12.0. The first-order chi connectivity index (χ1) is 13.2. The second-order valence-corrected chi connectivity index (χ2v) is 7.70. The van der Waals surface area contributed by atoms with Crippen molar-refractivity contribution in [2.24, 2.45) is 5.92 Å². The van der Waals surface area contributed by atoms with Crippen molar-refractivity contribution in [3.8, 4) is 11.3 Å². The van der Waals surface area contributed by atoms with Crippen molar-refractivity contribution in [2.45, 2.75) is 25.7 Å². The SMILES string of the molecule is COC(=O)CC1CC=C(c2csc3c(-c4ccc(N)cc4)ncnc23)CC1. The molecule has 0 spiro atoms. The Balaban J connectivity index is 1.64. The first-order valence-electron chi connectivity index (χ1n) is 9.00. The Morgan fingerprint density at radius 3 is 2.81 bits per heavy atom. The van der Waals surface area contributed by atoms with E-state index < -0.39 is 0 Å². The number of benzene rings is 1. The molecule has 138 valence electrons. The van der Waals surface area contributed by atoms with Crippen LogP contribution in [-0.2, 0) is 9.53 Å². The van der Waals surface area contributed by atoms with Gasteiger partial charge in [-0.25, -0.2) is 9.97 Å². The maximum atomic E-state index is 11.5. The number of nitrogen functional groups attached to an aromatic ring is 1. The molecule has 6 heteroatoms. The quantitative estimate of drug-likeness (QED) is 0.526. The maximum absolute atomic E-state index is 11.5. The summed E-state index contributed by atoms with van der Waals surface area (Å²) in [5, 5.41) is 2.17. The molecule has 2 aromatic heterocycles. The topological polar surface area (TPSA) is 78.1 Å². The highest BCUT2D eigenvalue weighted by atomic mass is 32.1. The van der Waals surface area contributed by atoms with E-state index in [9.17, 15) is 4.79 Å². The third kappa shape index (κ3) is 3.57. The molecule has 1 aliphatic carbocycles. The molecular weight excluding hydrogens is 358 g/mol. The van der Waals surface area contributed by atoms with Gasteiger partial charge in [-0.05, 0) is 42.9 Å². The number of anilines is 1. The van der Waals surface area contributed by atoms with E-state index >= 15 is 0 Å². The molecule has 0 amide bonds. The first kappa shape index (κ1) is 17.7. The van der Waals surface area contributed by atoms with Crippen LogP contribution in [0.15, 0.2) is 42.0 Å². The molecule has 4 rings (SSSR count). The molecule has 2 N–H and O–H groups in total. The molecular formula is C21H21N3O2S. The number of aromatic nitrogens is 2. The van der Waals surface area contributed by atoms with Gasteiger partial charge >= 0.3 is 5.97 Å². The maximum Gasteiger partial charge on any atom is 0.305 e. The molecule has 1 aliphatic rings. The number of hydrogen-bond donors (Lipinski definition) is 1. The van der Waals surface area contributed by atoms with Crippen LogP contribution in [0.5, 0.6) is 0 Å². The van der Waals surface area contributed by atoms with E-state index in [0.717, 1.165) is 46.4 Å². The van der Waals surface area contributed by atoms with Gasteiger partial charge in [0.15, 0.2) is 0 Å². The molecule has 0 radical (unpaired) electrons. The van der Waals surface area contributed by atoms with Gasteiger partial charge in [0.2, 0.25) is 0 Å². The van der Waals surface area contributed by atoms with E-state index in [1.54, 1.807) is 17.7 Å². The zero-order valence-electron chi connectivity index (χ0n) is 15.1. The first-order valence-corrected chi connectivity index (χ1v) is 9.88. The van der Waals surface area contributed by atoms with Gasteiger partial charge in [-0.1, -0.05) is 18.2 Å². The second kappa shape index (κ2) is 7.48. The monoisotopic (exact) mass is 379 g/mol. The molecule has 0 saturated carbocycles. The van der Waals surface area contributed by atoms with Crippen LogP contribution in [0, 0.1) is 5.92 Å². The minimum Gasteiger partial charge on any atom is -0.469 e. The fraction of sp³-hybridized carbons (Fsp3) is 0.286. The number of allylic oxidation sites excluding steroid dienone is 2. The molecule has 1 unspecified atom stereocenters. The van der Waals surface area contributed by atoms with Crippen LogP contribution >= 0.6 is 11.3 Å². The number of rotatable bonds is 4. The molecule has 1 atom stereocenters. The summed E-state index contributed by atoms with van der Waals surface area (Å²) in [5.74, 6) is 0.241. The number of nitrogens with zero attached hydrogens (tertiary/aromatic N) is 2. The molecule has 0 bridgehead atoms. The molecule has 5 nitrogen and oxygen atoms in total. The molecule has 0 fully saturated rings. The molecule has 0 saturated heterocycles. The lowest BCUT2D eigenvalue weighted by atomic mass is 9.85. The summed E-state index contributed by atoms with van der Waals surface area (Å²) < 4.78 is 5.88. The van der Waals surface area contributed by atoms with E-state index in [1.807, 2.05) is 24.3 Å². The average Bonchev–Trinajstić information content (AvgIpc) is 3.13. The molecule has 0 aliphatic heterocycles. The zero-order chi connectivity index (χ0) is 18.8. The molecule has 27 heavy (non-hydrogen) atoms. The summed E-state index contributed by atoms with van der Waals surface area (Å²) in [6.45, 7) is 0. The number of thiophene rings is 1. The van der Waals surface area contributed by atoms with Crippen LogP contribution in [0.4, 0.5) is 5.69 Å². The Kier molecular flexibility index (Phi) is 4.90. The van der Waals surface area contributed by atoms with Crippen LogP contribution in [0.2, 0.25) is 0 Å². The standard InChI is InChI=1S/C21H21N3O2S/c1-26-18(25)10-13-2-4-14(5-3-13)17-11-27-21-19(23-12-24-20(17)21)15-6-8-16(22)9-7-15/h4,6-9,11-13H,2-3,5,10,22H2,1H3. The van der Waals surface area contributed by atoms with Gasteiger partial charge in [0, 0.05) is 28.6 Å². The number of carbonyl (C=O) groups is 1. The van der Waals surface area contributed by atoms with Crippen LogP contribution in [0.25, 0.3) is 27.0 Å². The van der Waals surface area contributed by atoms with Crippen molar-refractivity contribution in [3.63, 3.8) is 0 Å². The number of nitrogens with two attached hydrogens (primary N) is 1. The van der Waals surface area contributed by atoms with Crippen LogP contribution < -0.4 is 5.73 Å². The fourth-order valence-corrected chi connectivity index (χ4v) is 4.62. The highest BCUT2D eigenvalue weighted by Gasteiger charge is 2.21. The number of hydrogen-bond acceptors (Lipinski definition) is 6. The number of ether oxygens (including phenoxy) is 1. The van der Waals surface area contributed by atoms with Gasteiger partial charge in [0.05, 0.1) is 23.0 Å². The lowest BCUT2D eigenvalue weighted by Crippen LogP contribution is -2.12. The number of fused-ring (bicyclic) bond motifs is 1. The summed E-state index contributed by atoms with van der Waals surface area (Å²) in [6.07, 6.45) is 7.23. The predicted octanol–water partition coefficient (Wildman–Crippen LogP) is 4.69. The lowest BCUT2D eigenvalue weighted by Gasteiger charge is -2.20. The Morgan fingerprint density at radius 2 is 2.11 bits per heavy atom. The zero-order valence-corrected chi connectivity index (χ0v) is 16.0. The Labute approximate surface area is 161 Å². The minimum atomic E-state index is -0.126. The fourth-order valence-electron chi connectivity index (χ4n) is 3.56. The van der Waals surface area contributed by atoms with Crippen molar-refractivity contribution in [3.05, 3.63) is 47.6 Å². The summed E-state index contributed by atoms with van der Waals surface area (Å²) >= 11 is 1.68. The third-order valence-corrected chi connectivity index (χ3v) is 6.06. The summed E-state index contributed by atoms with van der Waals surface area (Å²) in [6, 6.07) is 7.77. The molecule has 1 aromatic carbocycles. The molecule has 3 aromatic rings. The van der Waals surface area contributed by atoms with Crippen molar-refractivity contribution in [1.29, 1.82) is 0 Å². The van der Waals surface area contributed by atoms with E-state index in [4.69, 9.17) is 10.5 Å². The highest BCUT2D eigenvalue weighted by Crippen LogP contribution is 2.39. The Hall–Kier alpha value is -2.73. The van der Waals surface area contributed by atoms with Crippen LogP contribution in [0.3, 0.4) is 0 Å². The predicted molar refractivity (Wildman–Crippen MR) is 109 cm³/mol. The van der Waals surface area contributed by atoms with E-state index in [1.165, 1.54) is 18.2 Å². The van der Waals surface area contributed by atoms with Gasteiger partial charge < -0.3 is 10.5 Å². The Bertz CT molecular complexity index is 1010. The second-order valence-electron chi connectivity index (χ2n) is 6.82. The summed E-state index contributed by atoms with van der Waals surface area (Å²) in [7, 11) is 1.45. The minimum absolute atomic E-state index is 0.126.